The molecule has 2 nitrogen and oxygen atoms in total. The first kappa shape index (κ1) is 9.53. The Balaban J connectivity index is 2.30. The van der Waals surface area contributed by atoms with E-state index in [9.17, 15) is 0 Å². The quantitative estimate of drug-likeness (QED) is 0.772. The molecule has 1 heterocycles. The molecule has 0 saturated carbocycles. The van der Waals surface area contributed by atoms with Gasteiger partial charge >= 0.3 is 0 Å². The van der Waals surface area contributed by atoms with E-state index in [-0.39, 0.29) is 0 Å². The number of nitrogens with one attached hydrogen (secondary N) is 1. The van der Waals surface area contributed by atoms with E-state index in [2.05, 4.69) is 24.4 Å². The van der Waals surface area contributed by atoms with Crippen molar-refractivity contribution >= 4 is 0 Å². The van der Waals surface area contributed by atoms with Crippen molar-refractivity contribution in [3.05, 3.63) is 29.8 Å². The van der Waals surface area contributed by atoms with Crippen LogP contribution in [0.25, 0.3) is 0 Å². The minimum Gasteiger partial charge on any atom is -0.496 e. The van der Waals surface area contributed by atoms with Crippen LogP contribution in [0.2, 0.25) is 0 Å². The standard InChI is InChI=1S/C12H17NO/c1-9-7-13-8-11(9)10-5-3-4-6-12(10)14-2/h3-6,9,11,13H,7-8H2,1-2H3. The highest BCUT2D eigenvalue weighted by atomic mass is 16.5. The molecule has 76 valence electrons. The monoisotopic (exact) mass is 191 g/mol. The fraction of sp³-hybridized carbons (Fsp3) is 0.500. The Bertz CT molecular complexity index is 311. The molecule has 0 bridgehead atoms. The molecule has 2 rings (SSSR count). The summed E-state index contributed by atoms with van der Waals surface area (Å²) in [6.07, 6.45) is 0. The maximum absolute atomic E-state index is 5.38. The highest BCUT2D eigenvalue weighted by Gasteiger charge is 2.26. The van der Waals surface area contributed by atoms with Gasteiger partial charge in [0.25, 0.3) is 0 Å². The van der Waals surface area contributed by atoms with Gasteiger partial charge in [-0.05, 0) is 24.1 Å². The first-order chi connectivity index (χ1) is 6.83. The van der Waals surface area contributed by atoms with Crippen molar-refractivity contribution in [1.29, 1.82) is 0 Å². The second kappa shape index (κ2) is 4.01. The van der Waals surface area contributed by atoms with Crippen LogP contribution in [0, 0.1) is 5.92 Å². The minimum atomic E-state index is 0.603. The Morgan fingerprint density at radius 1 is 1.29 bits per heavy atom. The summed E-state index contributed by atoms with van der Waals surface area (Å²) in [6.45, 7) is 4.47. The summed E-state index contributed by atoms with van der Waals surface area (Å²) in [6, 6.07) is 8.33. The number of hydrogen-bond acceptors (Lipinski definition) is 2. The molecule has 2 unspecified atom stereocenters. The van der Waals surface area contributed by atoms with Crippen LogP contribution >= 0.6 is 0 Å². The maximum atomic E-state index is 5.38. The molecule has 14 heavy (non-hydrogen) atoms. The Kier molecular flexibility index (Phi) is 2.73. The molecule has 2 heteroatoms. The molecule has 1 aromatic carbocycles. The first-order valence-electron chi connectivity index (χ1n) is 5.16. The van der Waals surface area contributed by atoms with E-state index >= 15 is 0 Å². The summed E-state index contributed by atoms with van der Waals surface area (Å²) in [5, 5.41) is 3.42. The lowest BCUT2D eigenvalue weighted by molar-refractivity contribution is 0.401. The van der Waals surface area contributed by atoms with Gasteiger partial charge in [0.15, 0.2) is 0 Å². The molecule has 0 aliphatic carbocycles. The van der Waals surface area contributed by atoms with Crippen LogP contribution < -0.4 is 10.1 Å². The van der Waals surface area contributed by atoms with Crippen molar-refractivity contribution < 1.29 is 4.74 Å². The van der Waals surface area contributed by atoms with Gasteiger partial charge in [-0.15, -0.1) is 0 Å². The molecule has 1 N–H and O–H groups in total. The average Bonchev–Trinajstić information content (AvgIpc) is 2.64. The normalized spacial score (nSPS) is 26.4. The number of para-hydroxylation sites is 1. The zero-order valence-corrected chi connectivity index (χ0v) is 8.79. The largest absolute Gasteiger partial charge is 0.496 e. The van der Waals surface area contributed by atoms with Crippen LogP contribution in [-0.4, -0.2) is 20.2 Å². The summed E-state index contributed by atoms with van der Waals surface area (Å²) in [4.78, 5) is 0. The van der Waals surface area contributed by atoms with Gasteiger partial charge in [-0.25, -0.2) is 0 Å². The molecule has 0 radical (unpaired) electrons. The van der Waals surface area contributed by atoms with Crippen molar-refractivity contribution in [2.75, 3.05) is 20.2 Å². The topological polar surface area (TPSA) is 21.3 Å². The number of hydrogen-bond donors (Lipinski definition) is 1. The van der Waals surface area contributed by atoms with Crippen LogP contribution in [0.15, 0.2) is 24.3 Å². The van der Waals surface area contributed by atoms with E-state index in [1.54, 1.807) is 7.11 Å². The molecule has 0 aromatic heterocycles. The Morgan fingerprint density at radius 3 is 2.71 bits per heavy atom. The predicted molar refractivity (Wildman–Crippen MR) is 57.8 cm³/mol. The number of ether oxygens (including phenoxy) is 1. The van der Waals surface area contributed by atoms with Crippen molar-refractivity contribution in [2.24, 2.45) is 5.92 Å². The molecular weight excluding hydrogens is 174 g/mol. The van der Waals surface area contributed by atoms with E-state index in [4.69, 9.17) is 4.74 Å². The van der Waals surface area contributed by atoms with Gasteiger partial charge in [0.1, 0.15) is 5.75 Å². The van der Waals surface area contributed by atoms with Crippen LogP contribution in [-0.2, 0) is 0 Å². The minimum absolute atomic E-state index is 0.603. The highest BCUT2D eigenvalue weighted by molar-refractivity contribution is 5.37. The van der Waals surface area contributed by atoms with Gasteiger partial charge in [-0.3, -0.25) is 0 Å². The summed E-state index contributed by atoms with van der Waals surface area (Å²) in [7, 11) is 1.74. The Hall–Kier alpha value is -1.02. The first-order valence-corrected chi connectivity index (χ1v) is 5.16. The lowest BCUT2D eigenvalue weighted by Crippen LogP contribution is -2.09. The number of rotatable bonds is 2. The third kappa shape index (κ3) is 1.62. The van der Waals surface area contributed by atoms with E-state index in [0.717, 1.165) is 18.8 Å². The smallest absolute Gasteiger partial charge is 0.122 e. The second-order valence-electron chi connectivity index (χ2n) is 3.98. The zero-order valence-electron chi connectivity index (χ0n) is 8.79. The maximum Gasteiger partial charge on any atom is 0.122 e. The van der Waals surface area contributed by atoms with Gasteiger partial charge < -0.3 is 10.1 Å². The highest BCUT2D eigenvalue weighted by Crippen LogP contribution is 2.33. The van der Waals surface area contributed by atoms with Gasteiger partial charge in [0.05, 0.1) is 7.11 Å². The van der Waals surface area contributed by atoms with E-state index in [0.29, 0.717) is 11.8 Å². The van der Waals surface area contributed by atoms with E-state index in [1.165, 1.54) is 5.56 Å². The van der Waals surface area contributed by atoms with E-state index in [1.807, 2.05) is 12.1 Å². The number of benzene rings is 1. The Labute approximate surface area is 85.3 Å². The van der Waals surface area contributed by atoms with E-state index < -0.39 is 0 Å². The van der Waals surface area contributed by atoms with Crippen molar-refractivity contribution in [2.45, 2.75) is 12.8 Å². The van der Waals surface area contributed by atoms with Crippen LogP contribution in [0.5, 0.6) is 5.75 Å². The molecule has 1 aliphatic rings. The fourth-order valence-corrected chi connectivity index (χ4v) is 2.20. The molecule has 1 aromatic rings. The third-order valence-electron chi connectivity index (χ3n) is 3.06. The molecule has 2 atom stereocenters. The average molecular weight is 191 g/mol. The van der Waals surface area contributed by atoms with Gasteiger partial charge in [0, 0.05) is 12.5 Å². The zero-order chi connectivity index (χ0) is 9.97. The molecular formula is C12H17NO. The van der Waals surface area contributed by atoms with Gasteiger partial charge in [-0.2, -0.15) is 0 Å². The summed E-state index contributed by atoms with van der Waals surface area (Å²) >= 11 is 0. The molecule has 1 aliphatic heterocycles. The number of methoxy groups -OCH3 is 1. The molecule has 0 amide bonds. The lowest BCUT2D eigenvalue weighted by Gasteiger charge is -2.17. The van der Waals surface area contributed by atoms with Crippen molar-refractivity contribution in [1.82, 2.24) is 5.32 Å². The fourth-order valence-electron chi connectivity index (χ4n) is 2.20. The third-order valence-corrected chi connectivity index (χ3v) is 3.06. The summed E-state index contributed by atoms with van der Waals surface area (Å²) in [5.74, 6) is 2.32. The summed E-state index contributed by atoms with van der Waals surface area (Å²) < 4.78 is 5.38. The van der Waals surface area contributed by atoms with Crippen LogP contribution in [0.1, 0.15) is 18.4 Å². The second-order valence-corrected chi connectivity index (χ2v) is 3.98. The molecule has 1 fully saturated rings. The predicted octanol–water partition coefficient (Wildman–Crippen LogP) is 2.02. The SMILES string of the molecule is COc1ccccc1C1CNCC1C. The van der Waals surface area contributed by atoms with Crippen LogP contribution in [0.3, 0.4) is 0 Å². The van der Waals surface area contributed by atoms with Gasteiger partial charge in [0.2, 0.25) is 0 Å². The van der Waals surface area contributed by atoms with Gasteiger partial charge in [-0.1, -0.05) is 25.1 Å². The van der Waals surface area contributed by atoms with Crippen molar-refractivity contribution in [3.63, 3.8) is 0 Å². The lowest BCUT2D eigenvalue weighted by atomic mass is 9.90. The Morgan fingerprint density at radius 2 is 2.07 bits per heavy atom. The van der Waals surface area contributed by atoms with Crippen molar-refractivity contribution in [3.8, 4) is 5.75 Å². The molecule has 1 saturated heterocycles. The molecule has 0 spiro atoms. The summed E-state index contributed by atoms with van der Waals surface area (Å²) in [5.41, 5.74) is 1.34. The van der Waals surface area contributed by atoms with Crippen LogP contribution in [0.4, 0.5) is 0 Å².